The zero-order valence-corrected chi connectivity index (χ0v) is 14.4. The standard InChI is InChI=1S/C19H19N5O2/c1-19(10-12-7-9-15(19)26-12)17(25)22-18-21-16(23-24-18)14-8-6-11-4-2-3-5-13(11)20-14/h2-6,8,12,15H,7,9-10H2,1H3,(H2,21,22,23,24,25). The first-order valence-corrected chi connectivity index (χ1v) is 8.87. The number of H-pyrrole nitrogens is 1. The molecule has 2 fully saturated rings. The molecule has 7 nitrogen and oxygen atoms in total. The van der Waals surface area contributed by atoms with E-state index in [1.807, 2.05) is 43.3 Å². The number of ether oxygens (including phenoxy) is 1. The van der Waals surface area contributed by atoms with Gasteiger partial charge in [0.25, 0.3) is 0 Å². The van der Waals surface area contributed by atoms with E-state index in [0.29, 0.717) is 11.5 Å². The van der Waals surface area contributed by atoms with Gasteiger partial charge < -0.3 is 4.74 Å². The molecule has 3 aromatic rings. The fraction of sp³-hybridized carbons (Fsp3) is 0.368. The summed E-state index contributed by atoms with van der Waals surface area (Å²) in [6.07, 6.45) is 2.95. The third-order valence-corrected chi connectivity index (χ3v) is 5.54. The van der Waals surface area contributed by atoms with E-state index in [-0.39, 0.29) is 24.1 Å². The quantitative estimate of drug-likeness (QED) is 0.758. The number of hydrogen-bond donors (Lipinski definition) is 2. The monoisotopic (exact) mass is 349 g/mol. The van der Waals surface area contributed by atoms with Crippen LogP contribution in [0, 0.1) is 5.41 Å². The Hall–Kier alpha value is -2.80. The summed E-state index contributed by atoms with van der Waals surface area (Å²) in [5.74, 6) is 0.714. The van der Waals surface area contributed by atoms with Gasteiger partial charge in [-0.15, -0.1) is 5.10 Å². The molecule has 3 atom stereocenters. The molecule has 5 rings (SSSR count). The molecule has 0 spiro atoms. The Labute approximate surface area is 150 Å². The number of pyridine rings is 1. The van der Waals surface area contributed by atoms with E-state index >= 15 is 0 Å². The molecular weight excluding hydrogens is 330 g/mol. The topological polar surface area (TPSA) is 92.8 Å². The van der Waals surface area contributed by atoms with Gasteiger partial charge in [-0.2, -0.15) is 4.98 Å². The first-order valence-electron chi connectivity index (χ1n) is 8.87. The van der Waals surface area contributed by atoms with Crippen molar-refractivity contribution in [2.75, 3.05) is 5.32 Å². The lowest BCUT2D eigenvalue weighted by atomic mass is 9.75. The van der Waals surface area contributed by atoms with Crippen LogP contribution in [0.3, 0.4) is 0 Å². The second-order valence-electron chi connectivity index (χ2n) is 7.30. The first kappa shape index (κ1) is 15.5. The normalized spacial score (nSPS) is 27.1. The number of nitrogens with one attached hydrogen (secondary N) is 2. The van der Waals surface area contributed by atoms with Gasteiger partial charge in [0, 0.05) is 5.39 Å². The Balaban J connectivity index is 1.37. The lowest BCUT2D eigenvalue weighted by Gasteiger charge is -2.28. The van der Waals surface area contributed by atoms with Crippen LogP contribution in [0.5, 0.6) is 0 Å². The number of aromatic nitrogens is 4. The van der Waals surface area contributed by atoms with Gasteiger partial charge in [-0.25, -0.2) is 4.98 Å². The Morgan fingerprint density at radius 2 is 2.12 bits per heavy atom. The molecule has 2 bridgehead atoms. The van der Waals surface area contributed by atoms with E-state index in [1.165, 1.54) is 0 Å². The van der Waals surface area contributed by atoms with Crippen molar-refractivity contribution in [3.63, 3.8) is 0 Å². The molecule has 2 saturated heterocycles. The summed E-state index contributed by atoms with van der Waals surface area (Å²) in [5.41, 5.74) is 1.06. The summed E-state index contributed by atoms with van der Waals surface area (Å²) in [4.78, 5) is 21.7. The highest BCUT2D eigenvalue weighted by Gasteiger charge is 2.54. The summed E-state index contributed by atoms with van der Waals surface area (Å²) in [6.45, 7) is 1.96. The predicted octanol–water partition coefficient (Wildman–Crippen LogP) is 2.92. The van der Waals surface area contributed by atoms with Crippen molar-refractivity contribution in [3.8, 4) is 11.5 Å². The van der Waals surface area contributed by atoms with Gasteiger partial charge in [-0.3, -0.25) is 15.2 Å². The smallest absolute Gasteiger partial charge is 0.249 e. The van der Waals surface area contributed by atoms with Crippen molar-refractivity contribution < 1.29 is 9.53 Å². The number of hydrogen-bond acceptors (Lipinski definition) is 5. The average molecular weight is 349 g/mol. The minimum Gasteiger partial charge on any atom is -0.374 e. The first-order chi connectivity index (χ1) is 12.6. The number of anilines is 1. The van der Waals surface area contributed by atoms with Crippen molar-refractivity contribution in [2.24, 2.45) is 5.41 Å². The van der Waals surface area contributed by atoms with Gasteiger partial charge in [-0.1, -0.05) is 24.3 Å². The molecule has 132 valence electrons. The zero-order chi connectivity index (χ0) is 17.7. The Morgan fingerprint density at radius 1 is 1.23 bits per heavy atom. The van der Waals surface area contributed by atoms with Crippen LogP contribution >= 0.6 is 0 Å². The summed E-state index contributed by atoms with van der Waals surface area (Å²) in [7, 11) is 0. The third-order valence-electron chi connectivity index (χ3n) is 5.54. The fourth-order valence-corrected chi connectivity index (χ4v) is 4.04. The van der Waals surface area contributed by atoms with Crippen molar-refractivity contribution in [2.45, 2.75) is 38.4 Å². The average Bonchev–Trinajstić information content (AvgIpc) is 3.37. The van der Waals surface area contributed by atoms with Gasteiger partial charge in [-0.05, 0) is 38.3 Å². The second-order valence-corrected chi connectivity index (χ2v) is 7.30. The van der Waals surface area contributed by atoms with Crippen molar-refractivity contribution in [3.05, 3.63) is 36.4 Å². The van der Waals surface area contributed by atoms with Gasteiger partial charge in [0.15, 0.2) is 5.82 Å². The minimum absolute atomic E-state index is 0.00642. The maximum Gasteiger partial charge on any atom is 0.249 e. The SMILES string of the molecule is CC1(C(=O)Nc2n[nH]c(-c3ccc4ccccc4n3)n2)CC2CCC1O2. The number of para-hydroxylation sites is 1. The number of fused-ring (bicyclic) bond motifs is 3. The number of aromatic amines is 1. The molecule has 0 saturated carbocycles. The number of benzene rings is 1. The molecule has 7 heteroatoms. The summed E-state index contributed by atoms with van der Waals surface area (Å²) in [5, 5.41) is 10.9. The highest BCUT2D eigenvalue weighted by Crippen LogP contribution is 2.47. The van der Waals surface area contributed by atoms with Crippen LogP contribution in [0.25, 0.3) is 22.4 Å². The lowest BCUT2D eigenvalue weighted by molar-refractivity contribution is -0.127. The Bertz CT molecular complexity index is 1000. The highest BCUT2D eigenvalue weighted by molar-refractivity contribution is 5.94. The van der Waals surface area contributed by atoms with Crippen LogP contribution in [-0.4, -0.2) is 38.3 Å². The Kier molecular flexibility index (Phi) is 3.33. The van der Waals surface area contributed by atoms with Gasteiger partial charge in [0.2, 0.25) is 11.9 Å². The zero-order valence-electron chi connectivity index (χ0n) is 14.4. The molecule has 4 heterocycles. The maximum atomic E-state index is 12.7. The van der Waals surface area contributed by atoms with E-state index < -0.39 is 5.41 Å². The van der Waals surface area contributed by atoms with Crippen LogP contribution in [-0.2, 0) is 9.53 Å². The second kappa shape index (κ2) is 5.60. The van der Waals surface area contributed by atoms with Crippen molar-refractivity contribution in [1.29, 1.82) is 0 Å². The van der Waals surface area contributed by atoms with E-state index in [1.54, 1.807) is 0 Å². The molecule has 1 amide bonds. The molecule has 26 heavy (non-hydrogen) atoms. The number of nitrogens with zero attached hydrogens (tertiary/aromatic N) is 3. The number of carbonyl (C=O) groups excluding carboxylic acids is 1. The third kappa shape index (κ3) is 2.39. The summed E-state index contributed by atoms with van der Waals surface area (Å²) < 4.78 is 5.84. The van der Waals surface area contributed by atoms with Crippen LogP contribution in [0.4, 0.5) is 5.95 Å². The molecule has 0 aliphatic carbocycles. The van der Waals surface area contributed by atoms with E-state index in [9.17, 15) is 4.79 Å². The molecule has 2 aliphatic heterocycles. The molecular formula is C19H19N5O2. The van der Waals surface area contributed by atoms with Crippen LogP contribution < -0.4 is 5.32 Å². The summed E-state index contributed by atoms with van der Waals surface area (Å²) >= 11 is 0. The molecule has 2 aliphatic rings. The van der Waals surface area contributed by atoms with Gasteiger partial charge in [0.1, 0.15) is 5.69 Å². The molecule has 0 radical (unpaired) electrons. The fourth-order valence-electron chi connectivity index (χ4n) is 4.04. The van der Waals surface area contributed by atoms with Crippen LogP contribution in [0.2, 0.25) is 0 Å². The van der Waals surface area contributed by atoms with Crippen molar-refractivity contribution >= 4 is 22.8 Å². The van der Waals surface area contributed by atoms with Crippen molar-refractivity contribution in [1.82, 2.24) is 20.2 Å². The van der Waals surface area contributed by atoms with E-state index in [0.717, 1.165) is 30.2 Å². The lowest BCUT2D eigenvalue weighted by Crippen LogP contribution is -2.41. The van der Waals surface area contributed by atoms with E-state index in [4.69, 9.17) is 4.74 Å². The molecule has 1 aromatic carbocycles. The molecule has 2 N–H and O–H groups in total. The van der Waals surface area contributed by atoms with Crippen LogP contribution in [0.1, 0.15) is 26.2 Å². The van der Waals surface area contributed by atoms with Gasteiger partial charge >= 0.3 is 0 Å². The molecule has 3 unspecified atom stereocenters. The van der Waals surface area contributed by atoms with Crippen LogP contribution in [0.15, 0.2) is 36.4 Å². The van der Waals surface area contributed by atoms with Gasteiger partial charge in [0.05, 0.1) is 23.1 Å². The summed E-state index contributed by atoms with van der Waals surface area (Å²) in [6, 6.07) is 11.8. The number of amides is 1. The predicted molar refractivity (Wildman–Crippen MR) is 96.4 cm³/mol. The largest absolute Gasteiger partial charge is 0.374 e. The highest BCUT2D eigenvalue weighted by atomic mass is 16.5. The molecule has 2 aromatic heterocycles. The number of rotatable bonds is 3. The maximum absolute atomic E-state index is 12.7. The van der Waals surface area contributed by atoms with E-state index in [2.05, 4.69) is 25.5 Å². The minimum atomic E-state index is -0.509. The Morgan fingerprint density at radius 3 is 2.92 bits per heavy atom. The number of carbonyl (C=O) groups is 1.